The molecule has 2 aliphatic rings. The van der Waals surface area contributed by atoms with Gasteiger partial charge in [-0.25, -0.2) is 22.9 Å². The first-order chi connectivity index (χ1) is 23.8. The maximum atomic E-state index is 12.9. The number of carbonyl (C=O) groups excluding carboxylic acids is 2. The van der Waals surface area contributed by atoms with Crippen LogP contribution < -0.4 is 30.5 Å². The molecule has 0 aliphatic carbocycles. The number of nitrogens with one attached hydrogen (secondary N) is 4. The van der Waals surface area contributed by atoms with Crippen molar-refractivity contribution < 1.29 is 18.0 Å². The zero-order valence-corrected chi connectivity index (χ0v) is 29.5. The molecule has 50 heavy (non-hydrogen) atoms. The van der Waals surface area contributed by atoms with E-state index in [2.05, 4.69) is 52.6 Å². The van der Waals surface area contributed by atoms with E-state index < -0.39 is 15.6 Å². The van der Waals surface area contributed by atoms with Crippen molar-refractivity contribution in [3.8, 4) is 0 Å². The molecule has 2 fully saturated rings. The van der Waals surface area contributed by atoms with Crippen LogP contribution in [0.2, 0.25) is 0 Å². The van der Waals surface area contributed by atoms with Crippen molar-refractivity contribution in [2.75, 3.05) is 53.2 Å². The largest absolute Gasteiger partial charge is 0.369 e. The molecule has 0 atom stereocenters. The fraction of sp³-hybridized carbons (Fsp3) is 0.333. The molecule has 2 aliphatic heterocycles. The van der Waals surface area contributed by atoms with E-state index in [1.807, 2.05) is 43.3 Å². The number of hydrogen-bond donors (Lipinski definition) is 4. The van der Waals surface area contributed by atoms with Crippen LogP contribution >= 0.6 is 0 Å². The first-order valence-electron chi connectivity index (χ1n) is 16.6. The maximum Gasteiger partial charge on any atom is 0.328 e. The van der Waals surface area contributed by atoms with Gasteiger partial charge in [0.1, 0.15) is 5.82 Å². The molecule has 3 heterocycles. The highest BCUT2D eigenvalue weighted by Crippen LogP contribution is 2.27. The van der Waals surface area contributed by atoms with Crippen LogP contribution in [0.3, 0.4) is 0 Å². The number of nitrogens with zero attached hydrogens (tertiary/aromatic N) is 5. The van der Waals surface area contributed by atoms with Crippen LogP contribution in [-0.2, 0) is 21.4 Å². The van der Waals surface area contributed by atoms with Crippen LogP contribution in [0.25, 0.3) is 0 Å². The van der Waals surface area contributed by atoms with Gasteiger partial charge in [0.2, 0.25) is 21.9 Å². The maximum absolute atomic E-state index is 12.9. The molecule has 4 N–H and O–H groups in total. The van der Waals surface area contributed by atoms with Gasteiger partial charge in [-0.15, -0.1) is 0 Å². The lowest BCUT2D eigenvalue weighted by Gasteiger charge is -2.37. The lowest BCUT2D eigenvalue weighted by Crippen LogP contribution is -2.50. The Morgan fingerprint density at radius 2 is 1.60 bits per heavy atom. The molecule has 6 rings (SSSR count). The molecular weight excluding hydrogens is 655 g/mol. The number of sulfonamides is 1. The minimum Gasteiger partial charge on any atom is -0.369 e. The number of piperazine rings is 1. The highest BCUT2D eigenvalue weighted by atomic mass is 32.2. The standard InChI is InChI=1S/C36H43N9O4S/c1-25-23-37-34(41-33(25)38-28-9-7-10-30(22-28)50(48,49)42-36(2,3)4)39-27-12-14-29(15-13-27)44-20-18-43(19-21-44)24-26-8-5-6-11-31(26)45-17-16-32(46)40-35(45)47/h5-15,22-23,42H,16-21,24H2,1-4H3,(H,40,46,47)(H2,37,38,39,41). The van der Waals surface area contributed by atoms with Gasteiger partial charge < -0.3 is 15.5 Å². The third kappa shape index (κ3) is 8.56. The smallest absolute Gasteiger partial charge is 0.328 e. The second-order valence-corrected chi connectivity index (χ2v) is 15.2. The lowest BCUT2D eigenvalue weighted by molar-refractivity contribution is -0.120. The summed E-state index contributed by atoms with van der Waals surface area (Å²) in [6, 6.07) is 22.3. The molecule has 0 spiro atoms. The van der Waals surface area contributed by atoms with Gasteiger partial charge in [0.05, 0.1) is 4.90 Å². The predicted molar refractivity (Wildman–Crippen MR) is 196 cm³/mol. The van der Waals surface area contributed by atoms with E-state index in [0.29, 0.717) is 30.4 Å². The molecule has 0 saturated carbocycles. The number of hydrogen-bond acceptors (Lipinski definition) is 10. The van der Waals surface area contributed by atoms with Gasteiger partial charge in [-0.3, -0.25) is 19.9 Å². The molecule has 0 radical (unpaired) electrons. The van der Waals surface area contributed by atoms with Crippen LogP contribution in [0, 0.1) is 6.92 Å². The Morgan fingerprint density at radius 3 is 2.32 bits per heavy atom. The second kappa shape index (κ2) is 14.4. The SMILES string of the molecule is Cc1cnc(Nc2ccc(N3CCN(Cc4ccccc4N4CCC(=O)NC4=O)CC3)cc2)nc1Nc1cccc(S(=O)(=O)NC(C)(C)C)c1. The van der Waals surface area contributed by atoms with Crippen molar-refractivity contribution in [2.24, 2.45) is 0 Å². The summed E-state index contributed by atoms with van der Waals surface area (Å²) in [7, 11) is -3.69. The van der Waals surface area contributed by atoms with E-state index >= 15 is 0 Å². The zero-order chi connectivity index (χ0) is 35.5. The predicted octanol–water partition coefficient (Wildman–Crippen LogP) is 5.12. The van der Waals surface area contributed by atoms with Crippen LogP contribution in [0.4, 0.5) is 39.3 Å². The third-order valence-electron chi connectivity index (χ3n) is 8.41. The average molecular weight is 698 g/mol. The summed E-state index contributed by atoms with van der Waals surface area (Å²) in [5.74, 6) is 0.734. The highest BCUT2D eigenvalue weighted by molar-refractivity contribution is 7.89. The number of rotatable bonds is 10. The van der Waals surface area contributed by atoms with Crippen LogP contribution in [0.1, 0.15) is 38.3 Å². The van der Waals surface area contributed by atoms with Crippen LogP contribution in [-0.4, -0.2) is 73.5 Å². The van der Waals surface area contributed by atoms with Crippen molar-refractivity contribution in [2.45, 2.75) is 51.1 Å². The number of imide groups is 1. The number of amides is 3. The van der Waals surface area contributed by atoms with E-state index in [1.165, 1.54) is 0 Å². The quantitative estimate of drug-likeness (QED) is 0.176. The molecule has 262 valence electrons. The summed E-state index contributed by atoms with van der Waals surface area (Å²) in [5.41, 5.74) is 4.66. The number of aromatic nitrogens is 2. The third-order valence-corrected chi connectivity index (χ3v) is 10.2. The molecule has 0 unspecified atom stereocenters. The summed E-state index contributed by atoms with van der Waals surface area (Å²) >= 11 is 0. The van der Waals surface area contributed by atoms with Crippen molar-refractivity contribution in [3.05, 3.63) is 90.1 Å². The van der Waals surface area contributed by atoms with E-state index in [9.17, 15) is 18.0 Å². The number of benzene rings is 3. The Balaban J connectivity index is 1.05. The number of para-hydroxylation sites is 1. The Labute approximate surface area is 293 Å². The molecule has 3 aromatic carbocycles. The van der Waals surface area contributed by atoms with Gasteiger partial charge in [0.25, 0.3) is 0 Å². The highest BCUT2D eigenvalue weighted by Gasteiger charge is 2.27. The van der Waals surface area contributed by atoms with Crippen molar-refractivity contribution >= 4 is 56.5 Å². The summed E-state index contributed by atoms with van der Waals surface area (Å²) < 4.78 is 28.4. The second-order valence-electron chi connectivity index (χ2n) is 13.6. The Kier molecular flexibility index (Phi) is 10.0. The Hall–Kier alpha value is -5.05. The molecule has 2 saturated heterocycles. The number of urea groups is 1. The number of carbonyl (C=O) groups is 2. The fourth-order valence-corrected chi connectivity index (χ4v) is 7.42. The topological polar surface area (TPSA) is 152 Å². The van der Waals surface area contributed by atoms with Gasteiger partial charge in [0, 0.05) is 85.7 Å². The van der Waals surface area contributed by atoms with Gasteiger partial charge >= 0.3 is 6.03 Å². The van der Waals surface area contributed by atoms with E-state index in [1.54, 1.807) is 56.1 Å². The Bertz CT molecular complexity index is 1970. The lowest BCUT2D eigenvalue weighted by atomic mass is 10.1. The number of aryl methyl sites for hydroxylation is 1. The van der Waals surface area contributed by atoms with Gasteiger partial charge in [0.15, 0.2) is 0 Å². The molecule has 1 aromatic heterocycles. The van der Waals surface area contributed by atoms with E-state index in [4.69, 9.17) is 0 Å². The summed E-state index contributed by atoms with van der Waals surface area (Å²) in [6.07, 6.45) is 2.01. The first kappa shape index (κ1) is 34.8. The summed E-state index contributed by atoms with van der Waals surface area (Å²) in [4.78, 5) is 39.8. The van der Waals surface area contributed by atoms with Gasteiger partial charge in [-0.05, 0) is 81.8 Å². The first-order valence-corrected chi connectivity index (χ1v) is 18.1. The minimum atomic E-state index is -3.69. The molecule has 0 bridgehead atoms. The normalized spacial score (nSPS) is 15.9. The number of anilines is 6. The zero-order valence-electron chi connectivity index (χ0n) is 28.7. The van der Waals surface area contributed by atoms with Gasteiger partial charge in [-0.2, -0.15) is 4.98 Å². The Morgan fingerprint density at radius 1 is 0.860 bits per heavy atom. The van der Waals surface area contributed by atoms with Crippen LogP contribution in [0.5, 0.6) is 0 Å². The van der Waals surface area contributed by atoms with E-state index in [0.717, 1.165) is 60.9 Å². The fourth-order valence-electron chi connectivity index (χ4n) is 5.96. The molecule has 14 heteroatoms. The van der Waals surface area contributed by atoms with Crippen molar-refractivity contribution in [1.82, 2.24) is 24.9 Å². The minimum absolute atomic E-state index is 0.164. The molecule has 13 nitrogen and oxygen atoms in total. The molecule has 3 amide bonds. The van der Waals surface area contributed by atoms with E-state index in [-0.39, 0.29) is 16.8 Å². The molecule has 4 aromatic rings. The summed E-state index contributed by atoms with van der Waals surface area (Å²) in [5, 5.41) is 8.94. The van der Waals surface area contributed by atoms with Gasteiger partial charge in [-0.1, -0.05) is 24.3 Å². The van der Waals surface area contributed by atoms with Crippen molar-refractivity contribution in [3.63, 3.8) is 0 Å². The van der Waals surface area contributed by atoms with Crippen LogP contribution in [0.15, 0.2) is 83.9 Å². The summed E-state index contributed by atoms with van der Waals surface area (Å²) in [6.45, 7) is 11.8. The molecular formula is C36H43N9O4S. The monoisotopic (exact) mass is 697 g/mol. The van der Waals surface area contributed by atoms with Crippen molar-refractivity contribution in [1.29, 1.82) is 0 Å². The average Bonchev–Trinajstić information content (AvgIpc) is 3.07.